The van der Waals surface area contributed by atoms with Gasteiger partial charge in [0.2, 0.25) is 0 Å². The van der Waals surface area contributed by atoms with Crippen LogP contribution in [0.25, 0.3) is 10.2 Å². The molecule has 2 N–H and O–H groups in total. The van der Waals surface area contributed by atoms with E-state index in [2.05, 4.69) is 32.0 Å². The third kappa shape index (κ3) is 2.09. The highest BCUT2D eigenvalue weighted by Gasteiger charge is 2.36. The normalized spacial score (nSPS) is 18.5. The predicted octanol–water partition coefficient (Wildman–Crippen LogP) is 4.19. The third-order valence-corrected chi connectivity index (χ3v) is 5.77. The van der Waals surface area contributed by atoms with Crippen LogP contribution in [0.3, 0.4) is 0 Å². The summed E-state index contributed by atoms with van der Waals surface area (Å²) in [7, 11) is 0. The summed E-state index contributed by atoms with van der Waals surface area (Å²) >= 11 is 1.84. The summed E-state index contributed by atoms with van der Waals surface area (Å²) in [6, 6.07) is 6.63. The van der Waals surface area contributed by atoms with E-state index in [9.17, 15) is 0 Å². The van der Waals surface area contributed by atoms with Gasteiger partial charge in [0, 0.05) is 17.9 Å². The molecule has 1 aromatic heterocycles. The number of para-hydroxylation sites is 1. The van der Waals surface area contributed by atoms with Crippen molar-refractivity contribution in [2.75, 3.05) is 6.54 Å². The zero-order chi connectivity index (χ0) is 13.5. The van der Waals surface area contributed by atoms with Crippen molar-refractivity contribution in [2.24, 2.45) is 5.73 Å². The highest BCUT2D eigenvalue weighted by atomic mass is 32.1. The van der Waals surface area contributed by atoms with Crippen molar-refractivity contribution in [2.45, 2.75) is 50.9 Å². The zero-order valence-electron chi connectivity index (χ0n) is 11.8. The van der Waals surface area contributed by atoms with Gasteiger partial charge in [0.15, 0.2) is 0 Å². The summed E-state index contributed by atoms with van der Waals surface area (Å²) in [5.41, 5.74) is 8.92. The third-order valence-electron chi connectivity index (χ3n) is 4.45. The number of thiazole rings is 1. The molecule has 1 saturated carbocycles. The monoisotopic (exact) mass is 274 g/mol. The molecule has 1 aliphatic rings. The summed E-state index contributed by atoms with van der Waals surface area (Å²) in [4.78, 5) is 4.91. The molecule has 0 atom stereocenters. The lowest BCUT2D eigenvalue weighted by atomic mass is 9.78. The predicted molar refractivity (Wildman–Crippen MR) is 82.9 cm³/mol. The highest BCUT2D eigenvalue weighted by Crippen LogP contribution is 2.43. The molecule has 1 fully saturated rings. The number of nitrogens with two attached hydrogens (primary N) is 1. The van der Waals surface area contributed by atoms with Gasteiger partial charge in [-0.05, 0) is 24.5 Å². The second-order valence-electron chi connectivity index (χ2n) is 6.05. The van der Waals surface area contributed by atoms with E-state index < -0.39 is 0 Å². The fraction of sp³-hybridized carbons (Fsp3) is 0.562. The largest absolute Gasteiger partial charge is 0.330 e. The van der Waals surface area contributed by atoms with Gasteiger partial charge in [0.1, 0.15) is 0 Å². The molecule has 0 radical (unpaired) electrons. The Morgan fingerprint density at radius 3 is 2.68 bits per heavy atom. The molecule has 2 aromatic rings. The summed E-state index contributed by atoms with van der Waals surface area (Å²) in [6.45, 7) is 5.18. The van der Waals surface area contributed by atoms with Crippen LogP contribution in [-0.4, -0.2) is 11.5 Å². The van der Waals surface area contributed by atoms with E-state index in [1.165, 1.54) is 46.5 Å². The minimum atomic E-state index is 0.182. The van der Waals surface area contributed by atoms with E-state index in [0.29, 0.717) is 5.92 Å². The van der Waals surface area contributed by atoms with Crippen molar-refractivity contribution < 1.29 is 0 Å². The Morgan fingerprint density at radius 2 is 2.05 bits per heavy atom. The molecule has 3 heteroatoms. The minimum Gasteiger partial charge on any atom is -0.330 e. The number of hydrogen-bond acceptors (Lipinski definition) is 3. The molecule has 0 unspecified atom stereocenters. The molecular formula is C16H22N2S. The Hall–Kier alpha value is -0.930. The van der Waals surface area contributed by atoms with Crippen LogP contribution in [0.5, 0.6) is 0 Å². The lowest BCUT2D eigenvalue weighted by molar-refractivity contribution is 0.456. The minimum absolute atomic E-state index is 0.182. The van der Waals surface area contributed by atoms with Crippen LogP contribution >= 0.6 is 11.3 Å². The van der Waals surface area contributed by atoms with E-state index >= 15 is 0 Å². The number of benzene rings is 1. The summed E-state index contributed by atoms with van der Waals surface area (Å²) in [5.74, 6) is 0.502. The van der Waals surface area contributed by atoms with Crippen molar-refractivity contribution in [3.63, 3.8) is 0 Å². The Kier molecular flexibility index (Phi) is 3.35. The Bertz CT molecular complexity index is 579. The maximum atomic E-state index is 6.13. The average Bonchev–Trinajstić information content (AvgIpc) is 3.05. The van der Waals surface area contributed by atoms with Crippen molar-refractivity contribution in [1.82, 2.24) is 4.98 Å². The molecular weight excluding hydrogens is 252 g/mol. The van der Waals surface area contributed by atoms with Crippen LogP contribution in [0.15, 0.2) is 18.2 Å². The molecule has 1 heterocycles. The van der Waals surface area contributed by atoms with Crippen LogP contribution < -0.4 is 5.73 Å². The van der Waals surface area contributed by atoms with Crippen molar-refractivity contribution in [3.8, 4) is 0 Å². The van der Waals surface area contributed by atoms with Crippen LogP contribution in [0.1, 0.15) is 56.0 Å². The first-order valence-electron chi connectivity index (χ1n) is 7.26. The van der Waals surface area contributed by atoms with Gasteiger partial charge in [-0.25, -0.2) is 4.98 Å². The fourth-order valence-corrected chi connectivity index (χ4v) is 4.27. The van der Waals surface area contributed by atoms with Gasteiger partial charge in [-0.3, -0.25) is 0 Å². The Labute approximate surface area is 119 Å². The smallest absolute Gasteiger partial charge is 0.0964 e. The second kappa shape index (κ2) is 4.88. The summed E-state index contributed by atoms with van der Waals surface area (Å²) in [5, 5.41) is 1.24. The summed E-state index contributed by atoms with van der Waals surface area (Å²) in [6.07, 6.45) is 5.04. The van der Waals surface area contributed by atoms with E-state index in [1.54, 1.807) is 0 Å². The van der Waals surface area contributed by atoms with E-state index in [4.69, 9.17) is 10.7 Å². The number of aromatic nitrogens is 1. The summed E-state index contributed by atoms with van der Waals surface area (Å²) < 4.78 is 1.32. The van der Waals surface area contributed by atoms with Gasteiger partial charge in [0.25, 0.3) is 0 Å². The van der Waals surface area contributed by atoms with Crippen LogP contribution in [0.2, 0.25) is 0 Å². The molecule has 0 spiro atoms. The molecule has 3 rings (SSSR count). The molecule has 0 saturated heterocycles. The lowest BCUT2D eigenvalue weighted by Gasteiger charge is -2.28. The second-order valence-corrected chi connectivity index (χ2v) is 7.11. The first-order valence-corrected chi connectivity index (χ1v) is 8.08. The Balaban J connectivity index is 2.17. The lowest BCUT2D eigenvalue weighted by Crippen LogP contribution is -2.32. The molecule has 102 valence electrons. The van der Waals surface area contributed by atoms with Gasteiger partial charge in [-0.2, -0.15) is 0 Å². The van der Waals surface area contributed by atoms with Crippen LogP contribution in [-0.2, 0) is 5.41 Å². The number of hydrogen-bond donors (Lipinski definition) is 1. The van der Waals surface area contributed by atoms with Crippen molar-refractivity contribution in [1.29, 1.82) is 0 Å². The van der Waals surface area contributed by atoms with Crippen molar-refractivity contribution >= 4 is 21.6 Å². The fourth-order valence-electron chi connectivity index (χ4n) is 3.28. The zero-order valence-corrected chi connectivity index (χ0v) is 12.6. The van der Waals surface area contributed by atoms with Gasteiger partial charge >= 0.3 is 0 Å². The number of fused-ring (bicyclic) bond motifs is 1. The van der Waals surface area contributed by atoms with Crippen LogP contribution in [0, 0.1) is 0 Å². The first kappa shape index (κ1) is 13.1. The average molecular weight is 274 g/mol. The van der Waals surface area contributed by atoms with Gasteiger partial charge in [0.05, 0.1) is 15.2 Å². The van der Waals surface area contributed by atoms with Gasteiger partial charge in [-0.15, -0.1) is 11.3 Å². The molecule has 0 amide bonds. The van der Waals surface area contributed by atoms with Crippen LogP contribution in [0.4, 0.5) is 0 Å². The number of rotatable bonds is 3. The molecule has 0 aliphatic heterocycles. The molecule has 1 aromatic carbocycles. The van der Waals surface area contributed by atoms with E-state index in [1.807, 2.05) is 11.3 Å². The topological polar surface area (TPSA) is 38.9 Å². The quantitative estimate of drug-likeness (QED) is 0.911. The first-order chi connectivity index (χ1) is 9.16. The highest BCUT2D eigenvalue weighted by molar-refractivity contribution is 7.18. The maximum Gasteiger partial charge on any atom is 0.0964 e. The van der Waals surface area contributed by atoms with Gasteiger partial charge < -0.3 is 5.73 Å². The maximum absolute atomic E-state index is 6.13. The van der Waals surface area contributed by atoms with Crippen molar-refractivity contribution in [3.05, 3.63) is 28.8 Å². The molecule has 0 bridgehead atoms. The molecule has 2 nitrogen and oxygen atoms in total. The standard InChI is InChI=1S/C16H22N2S/c1-11(2)15-18-14-12(6-5-7-13(14)19-15)16(10-17)8-3-4-9-16/h5-7,11H,3-4,8-10,17H2,1-2H3. The molecule has 19 heavy (non-hydrogen) atoms. The Morgan fingerprint density at radius 1 is 1.32 bits per heavy atom. The van der Waals surface area contributed by atoms with E-state index in [-0.39, 0.29) is 5.41 Å². The SMILES string of the molecule is CC(C)c1nc2c(C3(CN)CCCC3)cccc2s1. The van der Waals surface area contributed by atoms with E-state index in [0.717, 1.165) is 6.54 Å². The van der Waals surface area contributed by atoms with Gasteiger partial charge in [-0.1, -0.05) is 38.8 Å². The molecule has 1 aliphatic carbocycles. The number of nitrogens with zero attached hydrogens (tertiary/aromatic N) is 1.